The van der Waals surface area contributed by atoms with Gasteiger partial charge in [-0.05, 0) is 17.4 Å². The lowest BCUT2D eigenvalue weighted by Crippen LogP contribution is -2.41. The second-order valence-corrected chi connectivity index (χ2v) is 6.07. The molecule has 1 aliphatic heterocycles. The maximum Gasteiger partial charge on any atom is 0.240 e. The number of carbonyl (C=O) groups is 2. The van der Waals surface area contributed by atoms with Crippen molar-refractivity contribution in [2.24, 2.45) is 0 Å². The zero-order valence-corrected chi connectivity index (χ0v) is 13.7. The fourth-order valence-corrected chi connectivity index (χ4v) is 3.08. The third-order valence-corrected chi connectivity index (χ3v) is 4.27. The minimum Gasteiger partial charge on any atom is -0.355 e. The Morgan fingerprint density at radius 3 is 2.77 bits per heavy atom. The molecule has 4 nitrogen and oxygen atoms in total. The average Bonchev–Trinajstić information content (AvgIpc) is 2.54. The number of hydrogen-bond donors (Lipinski definition) is 1. The van der Waals surface area contributed by atoms with Crippen LogP contribution in [0.15, 0.2) is 35.7 Å². The molecule has 1 aromatic carbocycles. The number of nitrogens with one attached hydrogen (secondary N) is 1. The molecule has 1 aromatic rings. The van der Waals surface area contributed by atoms with E-state index in [0.29, 0.717) is 12.3 Å². The fraction of sp³-hybridized carbons (Fsp3) is 0.412. The zero-order valence-electron chi connectivity index (χ0n) is 12.9. The first-order valence-electron chi connectivity index (χ1n) is 7.66. The maximum atomic E-state index is 12.2. The Morgan fingerprint density at radius 2 is 2.05 bits per heavy atom. The van der Waals surface area contributed by atoms with Gasteiger partial charge in [0, 0.05) is 6.54 Å². The third kappa shape index (κ3) is 4.63. The Kier molecular flexibility index (Phi) is 6.52. The van der Waals surface area contributed by atoms with Crippen molar-refractivity contribution < 1.29 is 9.59 Å². The standard InChI is InChI=1S/C17H22N2O2S/c1-2-3-7-10-18-16(20)11-19-15(12-22-13-17(19)21)14-8-5-4-6-9-14/h4-6,8-9,12H,2-3,7,10-11,13H2,1H3,(H,18,20). The highest BCUT2D eigenvalue weighted by atomic mass is 32.2. The molecule has 0 aliphatic carbocycles. The van der Waals surface area contributed by atoms with Crippen LogP contribution in [0.1, 0.15) is 31.7 Å². The summed E-state index contributed by atoms with van der Waals surface area (Å²) in [7, 11) is 0. The molecule has 0 spiro atoms. The normalized spacial score (nSPS) is 14.7. The molecule has 0 unspecified atom stereocenters. The van der Waals surface area contributed by atoms with E-state index in [2.05, 4.69) is 12.2 Å². The van der Waals surface area contributed by atoms with E-state index >= 15 is 0 Å². The van der Waals surface area contributed by atoms with E-state index in [9.17, 15) is 9.59 Å². The number of thioether (sulfide) groups is 1. The van der Waals surface area contributed by atoms with E-state index in [0.717, 1.165) is 30.5 Å². The van der Waals surface area contributed by atoms with E-state index in [4.69, 9.17) is 0 Å². The van der Waals surface area contributed by atoms with Gasteiger partial charge in [-0.2, -0.15) is 0 Å². The SMILES string of the molecule is CCCCCNC(=O)CN1C(=O)CSC=C1c1ccccc1. The molecule has 118 valence electrons. The number of rotatable bonds is 7. The third-order valence-electron chi connectivity index (χ3n) is 3.47. The highest BCUT2D eigenvalue weighted by Gasteiger charge is 2.25. The molecule has 0 bridgehead atoms. The van der Waals surface area contributed by atoms with E-state index in [-0.39, 0.29) is 18.4 Å². The first kappa shape index (κ1) is 16.6. The monoisotopic (exact) mass is 318 g/mol. The van der Waals surface area contributed by atoms with Crippen LogP contribution in [0.2, 0.25) is 0 Å². The van der Waals surface area contributed by atoms with Crippen LogP contribution in [-0.2, 0) is 9.59 Å². The van der Waals surface area contributed by atoms with Gasteiger partial charge in [-0.3, -0.25) is 9.59 Å². The van der Waals surface area contributed by atoms with Crippen molar-refractivity contribution in [3.05, 3.63) is 41.3 Å². The summed E-state index contributed by atoms with van der Waals surface area (Å²) < 4.78 is 0. The van der Waals surface area contributed by atoms with E-state index in [1.54, 1.807) is 4.90 Å². The lowest BCUT2D eigenvalue weighted by molar-refractivity contribution is -0.131. The van der Waals surface area contributed by atoms with Crippen LogP contribution in [0, 0.1) is 0 Å². The lowest BCUT2D eigenvalue weighted by atomic mass is 10.1. The molecule has 0 saturated heterocycles. The van der Waals surface area contributed by atoms with Crippen molar-refractivity contribution in [1.82, 2.24) is 10.2 Å². The summed E-state index contributed by atoms with van der Waals surface area (Å²) in [6.45, 7) is 2.89. The molecule has 0 aromatic heterocycles. The molecule has 0 saturated carbocycles. The Hall–Kier alpha value is -1.75. The molecule has 1 heterocycles. The Morgan fingerprint density at radius 1 is 1.27 bits per heavy atom. The summed E-state index contributed by atoms with van der Waals surface area (Å²) >= 11 is 1.48. The van der Waals surface area contributed by atoms with Crippen LogP contribution < -0.4 is 5.32 Å². The largest absolute Gasteiger partial charge is 0.355 e. The van der Waals surface area contributed by atoms with Crippen LogP contribution >= 0.6 is 11.8 Å². The highest BCUT2D eigenvalue weighted by Crippen LogP contribution is 2.27. The van der Waals surface area contributed by atoms with Gasteiger partial charge in [-0.25, -0.2) is 0 Å². The Balaban J connectivity index is 2.00. The Labute approximate surface area is 136 Å². The van der Waals surface area contributed by atoms with Crippen LogP contribution in [0.25, 0.3) is 5.70 Å². The molecular weight excluding hydrogens is 296 g/mol. The van der Waals surface area contributed by atoms with Gasteiger partial charge in [0.25, 0.3) is 0 Å². The smallest absolute Gasteiger partial charge is 0.240 e. The van der Waals surface area contributed by atoms with Crippen molar-refractivity contribution in [2.75, 3.05) is 18.8 Å². The van der Waals surface area contributed by atoms with Crippen LogP contribution in [0.3, 0.4) is 0 Å². The summed E-state index contributed by atoms with van der Waals surface area (Å²) in [5.74, 6) is 0.271. The van der Waals surface area contributed by atoms with Crippen molar-refractivity contribution in [3.63, 3.8) is 0 Å². The number of carbonyl (C=O) groups excluding carboxylic acids is 2. The summed E-state index contributed by atoms with van der Waals surface area (Å²) in [4.78, 5) is 25.8. The van der Waals surface area contributed by atoms with Gasteiger partial charge >= 0.3 is 0 Å². The van der Waals surface area contributed by atoms with Gasteiger partial charge in [0.2, 0.25) is 11.8 Å². The van der Waals surface area contributed by atoms with Gasteiger partial charge in [0.15, 0.2) is 0 Å². The quantitative estimate of drug-likeness (QED) is 0.787. The number of unbranched alkanes of at least 4 members (excludes halogenated alkanes) is 2. The summed E-state index contributed by atoms with van der Waals surface area (Å²) in [6.07, 6.45) is 3.21. The molecule has 0 atom stereocenters. The van der Waals surface area contributed by atoms with Crippen molar-refractivity contribution in [3.8, 4) is 0 Å². The molecule has 1 N–H and O–H groups in total. The van der Waals surface area contributed by atoms with Crippen LogP contribution in [0.5, 0.6) is 0 Å². The molecule has 5 heteroatoms. The predicted molar refractivity (Wildman–Crippen MR) is 91.1 cm³/mol. The lowest BCUT2D eigenvalue weighted by Gasteiger charge is -2.28. The first-order valence-corrected chi connectivity index (χ1v) is 8.71. The van der Waals surface area contributed by atoms with E-state index in [1.807, 2.05) is 35.7 Å². The number of hydrogen-bond acceptors (Lipinski definition) is 3. The molecule has 22 heavy (non-hydrogen) atoms. The van der Waals surface area contributed by atoms with Crippen LogP contribution in [-0.4, -0.2) is 35.6 Å². The minimum absolute atomic E-state index is 0.0185. The fourth-order valence-electron chi connectivity index (χ4n) is 2.28. The molecular formula is C17H22N2O2S. The van der Waals surface area contributed by atoms with Crippen molar-refractivity contribution in [1.29, 1.82) is 0 Å². The summed E-state index contributed by atoms with van der Waals surface area (Å²) in [5.41, 5.74) is 1.77. The molecule has 0 fully saturated rings. The zero-order chi connectivity index (χ0) is 15.8. The van der Waals surface area contributed by atoms with E-state index in [1.165, 1.54) is 11.8 Å². The molecule has 0 radical (unpaired) electrons. The predicted octanol–water partition coefficient (Wildman–Crippen LogP) is 2.87. The van der Waals surface area contributed by atoms with E-state index < -0.39 is 0 Å². The number of amides is 2. The van der Waals surface area contributed by atoms with Gasteiger partial charge in [0.1, 0.15) is 6.54 Å². The van der Waals surface area contributed by atoms with Gasteiger partial charge in [-0.1, -0.05) is 50.1 Å². The molecule has 1 aliphatic rings. The number of nitrogens with zero attached hydrogens (tertiary/aromatic N) is 1. The molecule has 2 rings (SSSR count). The molecule has 2 amide bonds. The van der Waals surface area contributed by atoms with Gasteiger partial charge < -0.3 is 10.2 Å². The van der Waals surface area contributed by atoms with Crippen LogP contribution in [0.4, 0.5) is 0 Å². The Bertz CT molecular complexity index is 543. The highest BCUT2D eigenvalue weighted by molar-refractivity contribution is 8.03. The minimum atomic E-state index is -0.0989. The first-order chi connectivity index (χ1) is 10.7. The van der Waals surface area contributed by atoms with Gasteiger partial charge in [0.05, 0.1) is 11.4 Å². The van der Waals surface area contributed by atoms with Gasteiger partial charge in [-0.15, -0.1) is 11.8 Å². The van der Waals surface area contributed by atoms with Crippen molar-refractivity contribution in [2.45, 2.75) is 26.2 Å². The topological polar surface area (TPSA) is 49.4 Å². The second kappa shape index (κ2) is 8.63. The number of benzene rings is 1. The second-order valence-electron chi connectivity index (χ2n) is 5.22. The summed E-state index contributed by atoms with van der Waals surface area (Å²) in [6, 6.07) is 9.72. The maximum absolute atomic E-state index is 12.2. The van der Waals surface area contributed by atoms with Crippen molar-refractivity contribution >= 4 is 29.3 Å². The average molecular weight is 318 g/mol. The summed E-state index contributed by atoms with van der Waals surface area (Å²) in [5, 5.41) is 4.85.